The molecule has 0 aliphatic carbocycles. The smallest absolute Gasteiger partial charge is 0.225 e. The monoisotopic (exact) mass is 467 g/mol. The normalized spacial score (nSPS) is 14.6. The zero-order valence-electron chi connectivity index (χ0n) is 17.8. The summed E-state index contributed by atoms with van der Waals surface area (Å²) in [5.74, 6) is 0.457. The third-order valence-corrected chi connectivity index (χ3v) is 5.91. The molecule has 2 aromatic carbocycles. The molecule has 0 unspecified atom stereocenters. The first-order valence-corrected chi connectivity index (χ1v) is 11.1. The Morgan fingerprint density at radius 3 is 2.58 bits per heavy atom. The fourth-order valence-corrected chi connectivity index (χ4v) is 4.09. The summed E-state index contributed by atoms with van der Waals surface area (Å²) < 4.78 is 20.4. The van der Waals surface area contributed by atoms with Gasteiger partial charge in [0.15, 0.2) is 5.65 Å². The molecule has 0 bridgehead atoms. The highest BCUT2D eigenvalue weighted by atomic mass is 35.5. The molecule has 170 valence electrons. The van der Waals surface area contributed by atoms with Crippen LogP contribution in [0.4, 0.5) is 16.2 Å². The summed E-state index contributed by atoms with van der Waals surface area (Å²) >= 11 is 6.50. The van der Waals surface area contributed by atoms with E-state index in [-0.39, 0.29) is 5.82 Å². The molecule has 3 heterocycles. The van der Waals surface area contributed by atoms with Gasteiger partial charge in [-0.3, -0.25) is 4.90 Å². The largest absolute Gasteiger partial charge is 0.383 e. The molecule has 4 aromatic rings. The SMILES string of the molecule is Nc1c2c(-c3ccccc3Cl)nc(NCCN3CCOCC3)nc2nn1-c1ccc(F)cc1. The number of fused-ring (bicyclic) bond motifs is 1. The molecule has 8 nitrogen and oxygen atoms in total. The van der Waals surface area contributed by atoms with Crippen molar-refractivity contribution < 1.29 is 9.13 Å². The molecule has 3 N–H and O–H groups in total. The van der Waals surface area contributed by atoms with Crippen molar-refractivity contribution in [3.05, 3.63) is 59.4 Å². The van der Waals surface area contributed by atoms with Crippen LogP contribution in [-0.4, -0.2) is 64.0 Å². The van der Waals surface area contributed by atoms with E-state index in [0.717, 1.165) is 38.4 Å². The van der Waals surface area contributed by atoms with Gasteiger partial charge in [-0.25, -0.2) is 14.1 Å². The highest BCUT2D eigenvalue weighted by molar-refractivity contribution is 6.33. The molecular weight excluding hydrogens is 445 g/mol. The van der Waals surface area contributed by atoms with Crippen LogP contribution in [0.15, 0.2) is 48.5 Å². The number of benzene rings is 2. The highest BCUT2D eigenvalue weighted by Crippen LogP contribution is 2.35. The molecule has 0 amide bonds. The van der Waals surface area contributed by atoms with E-state index >= 15 is 0 Å². The Morgan fingerprint density at radius 2 is 1.82 bits per heavy atom. The quantitative estimate of drug-likeness (QED) is 0.447. The first kappa shape index (κ1) is 21.6. The summed E-state index contributed by atoms with van der Waals surface area (Å²) in [5, 5.41) is 9.03. The standard InChI is InChI=1S/C23H23ClFN7O/c24-18-4-2-1-3-17(18)20-19-21(26)32(16-7-5-15(25)6-8-16)30-22(19)29-23(28-20)27-9-10-31-11-13-33-14-12-31/h1-8H,9-14,26H2,(H,27,29,30). The average molecular weight is 468 g/mol. The van der Waals surface area contributed by atoms with Gasteiger partial charge in [0.05, 0.1) is 30.0 Å². The van der Waals surface area contributed by atoms with Gasteiger partial charge in [0.2, 0.25) is 5.95 Å². The van der Waals surface area contributed by atoms with Gasteiger partial charge in [0.1, 0.15) is 11.6 Å². The maximum absolute atomic E-state index is 13.4. The van der Waals surface area contributed by atoms with Gasteiger partial charge in [-0.2, -0.15) is 4.98 Å². The lowest BCUT2D eigenvalue weighted by Crippen LogP contribution is -2.39. The molecule has 5 rings (SSSR count). The number of anilines is 2. The Bertz CT molecular complexity index is 1270. The van der Waals surface area contributed by atoms with Crippen LogP contribution in [0.5, 0.6) is 0 Å². The van der Waals surface area contributed by atoms with Crippen LogP contribution >= 0.6 is 11.6 Å². The van der Waals surface area contributed by atoms with Gasteiger partial charge in [-0.1, -0.05) is 29.8 Å². The number of nitrogens with zero attached hydrogens (tertiary/aromatic N) is 5. The summed E-state index contributed by atoms with van der Waals surface area (Å²) in [7, 11) is 0. The van der Waals surface area contributed by atoms with Crippen LogP contribution < -0.4 is 11.1 Å². The van der Waals surface area contributed by atoms with Crippen molar-refractivity contribution in [3.63, 3.8) is 0 Å². The zero-order chi connectivity index (χ0) is 22.8. The average Bonchev–Trinajstić information content (AvgIpc) is 3.16. The summed E-state index contributed by atoms with van der Waals surface area (Å²) in [6.45, 7) is 4.83. The minimum Gasteiger partial charge on any atom is -0.383 e. The van der Waals surface area contributed by atoms with Crippen molar-refractivity contribution in [2.75, 3.05) is 50.4 Å². The lowest BCUT2D eigenvalue weighted by molar-refractivity contribution is 0.0398. The third kappa shape index (κ3) is 4.47. The fourth-order valence-electron chi connectivity index (χ4n) is 3.87. The van der Waals surface area contributed by atoms with Gasteiger partial charge >= 0.3 is 0 Å². The van der Waals surface area contributed by atoms with E-state index in [2.05, 4.69) is 20.3 Å². The summed E-state index contributed by atoms with van der Waals surface area (Å²) in [5.41, 5.74) is 8.86. The van der Waals surface area contributed by atoms with Gasteiger partial charge in [-0.05, 0) is 30.3 Å². The molecule has 0 atom stereocenters. The van der Waals surface area contributed by atoms with Crippen molar-refractivity contribution in [2.45, 2.75) is 0 Å². The number of hydrogen-bond acceptors (Lipinski definition) is 7. The first-order valence-electron chi connectivity index (χ1n) is 10.7. The van der Waals surface area contributed by atoms with Crippen molar-refractivity contribution in [2.24, 2.45) is 0 Å². The Labute approximate surface area is 195 Å². The highest BCUT2D eigenvalue weighted by Gasteiger charge is 2.20. The Hall–Kier alpha value is -3.27. The van der Waals surface area contributed by atoms with Gasteiger partial charge in [-0.15, -0.1) is 5.10 Å². The van der Waals surface area contributed by atoms with Crippen LogP contribution in [0, 0.1) is 5.82 Å². The number of rotatable bonds is 6. The second-order valence-electron chi connectivity index (χ2n) is 7.73. The number of nitrogens with two attached hydrogens (primary N) is 1. The van der Waals surface area contributed by atoms with Crippen molar-refractivity contribution in [3.8, 4) is 16.9 Å². The number of halogens is 2. The van der Waals surface area contributed by atoms with Crippen molar-refractivity contribution in [1.82, 2.24) is 24.6 Å². The number of nitrogens with one attached hydrogen (secondary N) is 1. The molecule has 1 fully saturated rings. The predicted molar refractivity (Wildman–Crippen MR) is 127 cm³/mol. The van der Waals surface area contributed by atoms with E-state index < -0.39 is 0 Å². The van der Waals surface area contributed by atoms with Crippen molar-refractivity contribution in [1.29, 1.82) is 0 Å². The Morgan fingerprint density at radius 1 is 1.06 bits per heavy atom. The number of morpholine rings is 1. The lowest BCUT2D eigenvalue weighted by Gasteiger charge is -2.26. The molecule has 0 radical (unpaired) electrons. The topological polar surface area (TPSA) is 94.1 Å². The van der Waals surface area contributed by atoms with Crippen LogP contribution in [-0.2, 0) is 4.74 Å². The minimum absolute atomic E-state index is 0.336. The number of nitrogen functional groups attached to an aromatic ring is 1. The second-order valence-corrected chi connectivity index (χ2v) is 8.14. The number of aromatic nitrogens is 4. The molecule has 0 spiro atoms. The van der Waals surface area contributed by atoms with Crippen LogP contribution in [0.3, 0.4) is 0 Å². The number of hydrogen-bond donors (Lipinski definition) is 2. The Kier molecular flexibility index (Phi) is 6.08. The lowest BCUT2D eigenvalue weighted by atomic mass is 10.1. The molecular formula is C23H23ClFN7O. The molecule has 33 heavy (non-hydrogen) atoms. The molecule has 0 saturated carbocycles. The van der Waals surface area contributed by atoms with Gasteiger partial charge in [0, 0.05) is 36.8 Å². The van der Waals surface area contributed by atoms with Crippen LogP contribution in [0.25, 0.3) is 28.0 Å². The number of ether oxygens (including phenoxy) is 1. The second kappa shape index (κ2) is 9.30. The van der Waals surface area contributed by atoms with E-state index in [1.165, 1.54) is 16.8 Å². The van der Waals surface area contributed by atoms with Gasteiger partial charge in [0.25, 0.3) is 0 Å². The van der Waals surface area contributed by atoms with E-state index in [4.69, 9.17) is 27.1 Å². The van der Waals surface area contributed by atoms with E-state index in [0.29, 0.717) is 45.7 Å². The maximum atomic E-state index is 13.4. The predicted octanol–water partition coefficient (Wildman–Crippen LogP) is 3.60. The summed E-state index contributed by atoms with van der Waals surface area (Å²) in [6.07, 6.45) is 0. The molecule has 1 aliphatic rings. The van der Waals surface area contributed by atoms with E-state index in [9.17, 15) is 4.39 Å². The minimum atomic E-state index is -0.336. The first-order chi connectivity index (χ1) is 16.1. The molecule has 10 heteroatoms. The fraction of sp³-hybridized carbons (Fsp3) is 0.261. The molecule has 2 aromatic heterocycles. The van der Waals surface area contributed by atoms with Gasteiger partial charge < -0.3 is 15.8 Å². The third-order valence-electron chi connectivity index (χ3n) is 5.58. The zero-order valence-corrected chi connectivity index (χ0v) is 18.6. The maximum Gasteiger partial charge on any atom is 0.225 e. The van der Waals surface area contributed by atoms with E-state index in [1.54, 1.807) is 18.2 Å². The Balaban J connectivity index is 1.55. The molecule has 1 saturated heterocycles. The molecule has 1 aliphatic heterocycles. The van der Waals surface area contributed by atoms with Crippen molar-refractivity contribution >= 4 is 34.4 Å². The van der Waals surface area contributed by atoms with Crippen LogP contribution in [0.1, 0.15) is 0 Å². The summed E-state index contributed by atoms with van der Waals surface area (Å²) in [6, 6.07) is 13.4. The summed E-state index contributed by atoms with van der Waals surface area (Å²) in [4.78, 5) is 11.7. The van der Waals surface area contributed by atoms with Crippen LogP contribution in [0.2, 0.25) is 5.02 Å². The van der Waals surface area contributed by atoms with E-state index in [1.807, 2.05) is 18.2 Å².